The molecule has 0 aliphatic heterocycles. The van der Waals surface area contributed by atoms with Crippen LogP contribution in [0.4, 0.5) is 5.69 Å². The third-order valence-corrected chi connectivity index (χ3v) is 5.17. The van der Waals surface area contributed by atoms with E-state index in [1.54, 1.807) is 53.9 Å². The lowest BCUT2D eigenvalue weighted by molar-refractivity contribution is -0.136. The molecule has 3 N–H and O–H groups in total. The van der Waals surface area contributed by atoms with Gasteiger partial charge in [0.25, 0.3) is 5.91 Å². The molecule has 0 saturated carbocycles. The van der Waals surface area contributed by atoms with E-state index in [1.165, 1.54) is 6.21 Å². The Bertz CT molecular complexity index is 1440. The van der Waals surface area contributed by atoms with Crippen LogP contribution in [0.2, 0.25) is 5.02 Å². The van der Waals surface area contributed by atoms with Crippen LogP contribution in [0.3, 0.4) is 0 Å². The highest BCUT2D eigenvalue weighted by molar-refractivity contribution is 6.39. The predicted octanol–water partition coefficient (Wildman–Crippen LogP) is 3.22. The first-order valence-corrected chi connectivity index (χ1v) is 10.9. The molecule has 4 rings (SSSR count). The van der Waals surface area contributed by atoms with Crippen LogP contribution in [0.15, 0.2) is 64.2 Å². The van der Waals surface area contributed by atoms with E-state index in [1.807, 2.05) is 19.1 Å². The zero-order chi connectivity index (χ0) is 24.9. The van der Waals surface area contributed by atoms with E-state index in [0.717, 1.165) is 5.56 Å². The summed E-state index contributed by atoms with van der Waals surface area (Å²) in [5.41, 5.74) is 5.43. The van der Waals surface area contributed by atoms with E-state index < -0.39 is 17.7 Å². The van der Waals surface area contributed by atoms with Crippen LogP contribution < -0.4 is 16.1 Å². The Morgan fingerprint density at radius 2 is 1.83 bits per heavy atom. The van der Waals surface area contributed by atoms with E-state index in [9.17, 15) is 14.4 Å². The molecule has 0 aliphatic rings. The number of pyridine rings is 1. The maximum Gasteiger partial charge on any atom is 0.313 e. The van der Waals surface area contributed by atoms with Gasteiger partial charge >= 0.3 is 11.8 Å². The molecule has 0 unspecified atom stereocenters. The van der Waals surface area contributed by atoms with Crippen molar-refractivity contribution in [1.29, 1.82) is 0 Å². The van der Waals surface area contributed by atoms with Gasteiger partial charge in [-0.2, -0.15) is 5.10 Å². The number of anilines is 1. The number of benzene rings is 1. The summed E-state index contributed by atoms with van der Waals surface area (Å²) in [6.45, 7) is 3.64. The third kappa shape index (κ3) is 5.74. The van der Waals surface area contributed by atoms with Crippen LogP contribution in [0.25, 0.3) is 5.65 Å². The lowest BCUT2D eigenvalue weighted by Crippen LogP contribution is -2.34. The summed E-state index contributed by atoms with van der Waals surface area (Å²) in [6, 6.07) is 13.7. The molecule has 10 nitrogen and oxygen atoms in total. The highest BCUT2D eigenvalue weighted by Gasteiger charge is 2.17. The molecule has 0 saturated heterocycles. The minimum absolute atomic E-state index is 0.00210. The average molecular weight is 493 g/mol. The molecule has 11 heteroatoms. The van der Waals surface area contributed by atoms with Gasteiger partial charge in [-0.25, -0.2) is 10.4 Å². The van der Waals surface area contributed by atoms with Crippen molar-refractivity contribution in [3.63, 3.8) is 0 Å². The summed E-state index contributed by atoms with van der Waals surface area (Å²) in [4.78, 5) is 41.0. The highest BCUT2D eigenvalue weighted by Crippen LogP contribution is 2.16. The van der Waals surface area contributed by atoms with Gasteiger partial charge in [0.05, 0.1) is 23.5 Å². The number of amides is 3. The van der Waals surface area contributed by atoms with E-state index >= 15 is 0 Å². The molecule has 3 aromatic heterocycles. The van der Waals surface area contributed by atoms with Gasteiger partial charge in [0.1, 0.15) is 22.9 Å². The fraction of sp³-hybridized carbons (Fsp3) is 0.125. The molecule has 0 spiro atoms. The first-order valence-electron chi connectivity index (χ1n) is 10.5. The van der Waals surface area contributed by atoms with E-state index in [2.05, 4.69) is 26.1 Å². The number of nitrogens with one attached hydrogen (secondary N) is 3. The van der Waals surface area contributed by atoms with Crippen LogP contribution in [0.5, 0.6) is 0 Å². The Kier molecular flexibility index (Phi) is 6.93. The molecule has 0 aliphatic carbocycles. The first-order chi connectivity index (χ1) is 16.8. The number of hydrogen-bond acceptors (Lipinski definition) is 6. The minimum Gasteiger partial charge on any atom is -0.458 e. The molecule has 0 atom stereocenters. The second-order valence-corrected chi connectivity index (χ2v) is 8.06. The van der Waals surface area contributed by atoms with Gasteiger partial charge in [0, 0.05) is 11.9 Å². The number of imidazole rings is 1. The smallest absolute Gasteiger partial charge is 0.313 e. The van der Waals surface area contributed by atoms with E-state index in [0.29, 0.717) is 39.3 Å². The van der Waals surface area contributed by atoms with Crippen molar-refractivity contribution in [2.24, 2.45) is 5.10 Å². The summed E-state index contributed by atoms with van der Waals surface area (Å²) in [7, 11) is 0. The summed E-state index contributed by atoms with van der Waals surface area (Å²) >= 11 is 6.02. The van der Waals surface area contributed by atoms with Crippen LogP contribution in [0, 0.1) is 13.8 Å². The molecular weight excluding hydrogens is 472 g/mol. The number of furan rings is 1. The Morgan fingerprint density at radius 3 is 2.60 bits per heavy atom. The van der Waals surface area contributed by atoms with Gasteiger partial charge in [-0.05, 0) is 50.2 Å². The monoisotopic (exact) mass is 492 g/mol. The minimum atomic E-state index is -0.798. The molecule has 3 heterocycles. The van der Waals surface area contributed by atoms with Crippen molar-refractivity contribution in [3.8, 4) is 0 Å². The Balaban J connectivity index is 1.30. The number of nitrogens with zero attached hydrogens (tertiary/aromatic N) is 3. The second kappa shape index (κ2) is 10.2. The van der Waals surface area contributed by atoms with Gasteiger partial charge < -0.3 is 15.1 Å². The number of carbonyl (C=O) groups excluding carboxylic acids is 3. The quantitative estimate of drug-likeness (QED) is 0.216. The fourth-order valence-corrected chi connectivity index (χ4v) is 3.41. The SMILES string of the molecule is Cc1ccc(NC(=O)C(=O)NCc2ccc(/C=N/NC(=O)c3c(C)nc4ccc(Cl)cn34)o2)cc1. The Labute approximate surface area is 205 Å². The molecule has 178 valence electrons. The lowest BCUT2D eigenvalue weighted by Gasteiger charge is -2.05. The fourth-order valence-electron chi connectivity index (χ4n) is 3.25. The summed E-state index contributed by atoms with van der Waals surface area (Å²) in [5, 5.41) is 9.39. The second-order valence-electron chi connectivity index (χ2n) is 7.63. The standard InChI is InChI=1S/C24H21ClN6O4/c1-14-3-6-17(7-4-14)29-24(34)23(33)26-11-18-8-9-19(35-18)12-27-30-22(32)21-15(2)28-20-10-5-16(25)13-31(20)21/h3-10,12-13H,11H2,1-2H3,(H,26,33)(H,29,34)(H,30,32)/b27-12+. The summed E-state index contributed by atoms with van der Waals surface area (Å²) in [6.07, 6.45) is 2.92. The van der Waals surface area contributed by atoms with E-state index in [-0.39, 0.29) is 6.54 Å². The number of carbonyl (C=O) groups is 3. The first kappa shape index (κ1) is 23.7. The number of rotatable bonds is 6. The third-order valence-electron chi connectivity index (χ3n) is 4.95. The van der Waals surface area contributed by atoms with Crippen LogP contribution >= 0.6 is 11.6 Å². The van der Waals surface area contributed by atoms with E-state index in [4.69, 9.17) is 16.0 Å². The summed E-state index contributed by atoms with van der Waals surface area (Å²) in [5.74, 6) is -1.30. The van der Waals surface area contributed by atoms with Gasteiger partial charge in [-0.15, -0.1) is 0 Å². The molecule has 1 aromatic carbocycles. The molecule has 3 amide bonds. The zero-order valence-corrected chi connectivity index (χ0v) is 19.6. The average Bonchev–Trinajstić information content (AvgIpc) is 3.41. The number of aromatic nitrogens is 2. The van der Waals surface area contributed by atoms with Gasteiger partial charge in [0.2, 0.25) is 0 Å². The largest absolute Gasteiger partial charge is 0.458 e. The topological polar surface area (TPSA) is 130 Å². The molecular formula is C24H21ClN6O4. The van der Waals surface area contributed by atoms with Crippen LogP contribution in [-0.2, 0) is 16.1 Å². The van der Waals surface area contributed by atoms with Crippen molar-refractivity contribution >= 4 is 46.9 Å². The highest BCUT2D eigenvalue weighted by atomic mass is 35.5. The number of halogens is 1. The predicted molar refractivity (Wildman–Crippen MR) is 130 cm³/mol. The van der Waals surface area contributed by atoms with Crippen LogP contribution in [0.1, 0.15) is 33.3 Å². The van der Waals surface area contributed by atoms with Gasteiger partial charge in [0.15, 0.2) is 0 Å². The zero-order valence-electron chi connectivity index (χ0n) is 18.8. The molecule has 0 radical (unpaired) electrons. The van der Waals surface area contributed by atoms with Crippen molar-refractivity contribution < 1.29 is 18.8 Å². The maximum atomic E-state index is 12.6. The summed E-state index contributed by atoms with van der Waals surface area (Å²) < 4.78 is 7.13. The molecule has 4 aromatic rings. The number of hydrogen-bond donors (Lipinski definition) is 3. The molecule has 0 fully saturated rings. The number of fused-ring (bicyclic) bond motifs is 1. The van der Waals surface area contributed by atoms with Crippen LogP contribution in [-0.4, -0.2) is 33.3 Å². The van der Waals surface area contributed by atoms with Gasteiger partial charge in [-0.1, -0.05) is 29.3 Å². The Hall–Kier alpha value is -4.44. The van der Waals surface area contributed by atoms with Crippen molar-refractivity contribution in [1.82, 2.24) is 20.1 Å². The maximum absolute atomic E-state index is 12.6. The van der Waals surface area contributed by atoms with Gasteiger partial charge in [-0.3, -0.25) is 18.8 Å². The number of hydrazone groups is 1. The van der Waals surface area contributed by atoms with Crippen molar-refractivity contribution in [3.05, 3.63) is 88.2 Å². The Morgan fingerprint density at radius 1 is 1.06 bits per heavy atom. The molecule has 0 bridgehead atoms. The van der Waals surface area contributed by atoms with Crippen molar-refractivity contribution in [2.45, 2.75) is 20.4 Å². The molecule has 35 heavy (non-hydrogen) atoms. The van der Waals surface area contributed by atoms with Crippen molar-refractivity contribution in [2.75, 3.05) is 5.32 Å². The number of aryl methyl sites for hydroxylation is 2. The lowest BCUT2D eigenvalue weighted by atomic mass is 10.2. The normalized spacial score (nSPS) is 11.1.